The van der Waals surface area contributed by atoms with E-state index in [1.807, 2.05) is 19.1 Å². The number of hydrogen-bond donors (Lipinski definition) is 1. The van der Waals surface area contributed by atoms with Gasteiger partial charge in [0.2, 0.25) is 0 Å². The molecule has 0 radical (unpaired) electrons. The SMILES string of the molecule is CCOC(=O)C1=C(C)N=c2s/c(=C\c3cc(Cl)ccc3O)c(=O)n2C1c1ccc(OCC)cc1. The van der Waals surface area contributed by atoms with Crippen LogP contribution in [0.4, 0.5) is 0 Å². The van der Waals surface area contributed by atoms with Crippen LogP contribution in [0, 0.1) is 0 Å². The summed E-state index contributed by atoms with van der Waals surface area (Å²) in [6.07, 6.45) is 1.57. The van der Waals surface area contributed by atoms with Gasteiger partial charge in [-0.2, -0.15) is 0 Å². The van der Waals surface area contributed by atoms with Gasteiger partial charge in [-0.25, -0.2) is 9.79 Å². The number of carbonyl (C=O) groups excluding carboxylic acids is 1. The first kappa shape index (κ1) is 23.8. The molecule has 1 unspecified atom stereocenters. The molecule has 4 rings (SSSR count). The Hall–Kier alpha value is -3.36. The summed E-state index contributed by atoms with van der Waals surface area (Å²) in [4.78, 5) is 31.5. The van der Waals surface area contributed by atoms with Gasteiger partial charge in [-0.3, -0.25) is 9.36 Å². The molecule has 0 spiro atoms. The Morgan fingerprint density at radius 1 is 1.21 bits per heavy atom. The third-order valence-corrected chi connectivity index (χ3v) is 6.52. The number of phenols is 1. The van der Waals surface area contributed by atoms with Crippen molar-refractivity contribution in [2.75, 3.05) is 13.2 Å². The molecule has 3 aromatic rings. The summed E-state index contributed by atoms with van der Waals surface area (Å²) < 4.78 is 12.7. The normalized spacial score (nSPS) is 15.6. The predicted molar refractivity (Wildman–Crippen MR) is 131 cm³/mol. The standard InChI is InChI=1S/C25H23ClN2O5S/c1-4-32-18-9-6-15(7-10-18)22-21(24(31)33-5-2)14(3)27-25-28(22)23(30)20(34-25)13-16-12-17(26)8-11-19(16)29/h6-13,22,29H,4-5H2,1-3H3/b20-13-. The van der Waals surface area contributed by atoms with Crippen molar-refractivity contribution in [2.24, 2.45) is 4.99 Å². The third kappa shape index (κ3) is 4.51. The van der Waals surface area contributed by atoms with Crippen LogP contribution in [0.2, 0.25) is 5.02 Å². The Labute approximate surface area is 204 Å². The molecule has 7 nitrogen and oxygen atoms in total. The molecule has 34 heavy (non-hydrogen) atoms. The van der Waals surface area contributed by atoms with Crippen molar-refractivity contribution in [3.05, 3.63) is 89.6 Å². The lowest BCUT2D eigenvalue weighted by atomic mass is 9.96. The van der Waals surface area contributed by atoms with E-state index in [4.69, 9.17) is 21.1 Å². The molecule has 0 bridgehead atoms. The van der Waals surface area contributed by atoms with Crippen LogP contribution in [-0.4, -0.2) is 28.9 Å². The lowest BCUT2D eigenvalue weighted by Crippen LogP contribution is -2.39. The van der Waals surface area contributed by atoms with Crippen LogP contribution in [0.25, 0.3) is 6.08 Å². The molecule has 0 aliphatic carbocycles. The zero-order chi connectivity index (χ0) is 24.4. The molecule has 2 aromatic carbocycles. The highest BCUT2D eigenvalue weighted by Gasteiger charge is 2.33. The molecule has 1 atom stereocenters. The number of aromatic nitrogens is 1. The Morgan fingerprint density at radius 2 is 1.94 bits per heavy atom. The van der Waals surface area contributed by atoms with E-state index in [0.717, 1.165) is 5.56 Å². The largest absolute Gasteiger partial charge is 0.507 e. The quantitative estimate of drug-likeness (QED) is 0.525. The zero-order valence-electron chi connectivity index (χ0n) is 18.9. The second-order valence-corrected chi connectivity index (χ2v) is 8.95. The highest BCUT2D eigenvalue weighted by Crippen LogP contribution is 2.31. The van der Waals surface area contributed by atoms with E-state index in [0.29, 0.717) is 43.5 Å². The van der Waals surface area contributed by atoms with Gasteiger partial charge in [0.1, 0.15) is 11.5 Å². The molecule has 176 valence electrons. The number of esters is 1. The average Bonchev–Trinajstić information content (AvgIpc) is 3.11. The Kier molecular flexibility index (Phi) is 6.90. The van der Waals surface area contributed by atoms with Gasteiger partial charge in [-0.05, 0) is 62.7 Å². The van der Waals surface area contributed by atoms with Gasteiger partial charge in [0.05, 0.1) is 35.1 Å². The lowest BCUT2D eigenvalue weighted by Gasteiger charge is -2.24. The summed E-state index contributed by atoms with van der Waals surface area (Å²) in [5.41, 5.74) is 1.58. The molecule has 1 aliphatic rings. The van der Waals surface area contributed by atoms with E-state index >= 15 is 0 Å². The second-order valence-electron chi connectivity index (χ2n) is 7.51. The van der Waals surface area contributed by atoms with Crippen LogP contribution in [-0.2, 0) is 9.53 Å². The van der Waals surface area contributed by atoms with Gasteiger partial charge < -0.3 is 14.6 Å². The number of allylic oxidation sites excluding steroid dienone is 1. The van der Waals surface area contributed by atoms with Gasteiger partial charge in [0, 0.05) is 10.6 Å². The van der Waals surface area contributed by atoms with Crippen LogP contribution in [0.5, 0.6) is 11.5 Å². The Bertz CT molecular complexity index is 1450. The highest BCUT2D eigenvalue weighted by atomic mass is 35.5. The van der Waals surface area contributed by atoms with Crippen molar-refractivity contribution in [2.45, 2.75) is 26.8 Å². The van der Waals surface area contributed by atoms with Crippen molar-refractivity contribution in [1.29, 1.82) is 0 Å². The first-order chi connectivity index (χ1) is 16.3. The lowest BCUT2D eigenvalue weighted by molar-refractivity contribution is -0.139. The van der Waals surface area contributed by atoms with Gasteiger partial charge in [-0.1, -0.05) is 35.1 Å². The maximum absolute atomic E-state index is 13.6. The minimum Gasteiger partial charge on any atom is -0.507 e. The van der Waals surface area contributed by atoms with Crippen molar-refractivity contribution in [1.82, 2.24) is 4.57 Å². The van der Waals surface area contributed by atoms with E-state index in [1.165, 1.54) is 22.0 Å². The maximum atomic E-state index is 13.6. The first-order valence-corrected chi connectivity index (χ1v) is 11.9. The molecule has 0 saturated heterocycles. The van der Waals surface area contributed by atoms with Crippen LogP contribution < -0.4 is 19.6 Å². The summed E-state index contributed by atoms with van der Waals surface area (Å²) in [5.74, 6) is 0.166. The number of thiazole rings is 1. The molecule has 0 fully saturated rings. The number of hydrogen-bond acceptors (Lipinski definition) is 7. The minimum atomic E-state index is -0.721. The Morgan fingerprint density at radius 3 is 2.62 bits per heavy atom. The third-order valence-electron chi connectivity index (χ3n) is 5.30. The van der Waals surface area contributed by atoms with Crippen molar-refractivity contribution < 1.29 is 19.4 Å². The summed E-state index contributed by atoms with van der Waals surface area (Å²) in [6.45, 7) is 6.08. The number of fused-ring (bicyclic) bond motifs is 1. The number of benzene rings is 2. The summed E-state index contributed by atoms with van der Waals surface area (Å²) in [7, 11) is 0. The monoisotopic (exact) mass is 498 g/mol. The summed E-state index contributed by atoms with van der Waals surface area (Å²) in [6, 6.07) is 11.2. The predicted octanol–water partition coefficient (Wildman–Crippen LogP) is 3.56. The molecule has 1 aliphatic heterocycles. The van der Waals surface area contributed by atoms with Crippen LogP contribution in [0.1, 0.15) is 37.9 Å². The fourth-order valence-corrected chi connectivity index (χ4v) is 5.02. The average molecular weight is 499 g/mol. The van der Waals surface area contributed by atoms with Crippen molar-refractivity contribution in [3.8, 4) is 11.5 Å². The fraction of sp³-hybridized carbons (Fsp3) is 0.240. The van der Waals surface area contributed by atoms with E-state index in [1.54, 1.807) is 44.2 Å². The second kappa shape index (κ2) is 9.87. The van der Waals surface area contributed by atoms with Crippen LogP contribution >= 0.6 is 22.9 Å². The van der Waals surface area contributed by atoms with E-state index in [2.05, 4.69) is 4.99 Å². The maximum Gasteiger partial charge on any atom is 0.338 e. The van der Waals surface area contributed by atoms with Gasteiger partial charge in [-0.15, -0.1) is 0 Å². The number of phenolic OH excluding ortho intramolecular Hbond substituents is 1. The summed E-state index contributed by atoms with van der Waals surface area (Å²) in [5, 5.41) is 10.6. The Balaban J connectivity index is 1.93. The number of nitrogens with zero attached hydrogens (tertiary/aromatic N) is 2. The van der Waals surface area contributed by atoms with Gasteiger partial charge >= 0.3 is 5.97 Å². The van der Waals surface area contributed by atoms with Crippen LogP contribution in [0.15, 0.2) is 63.5 Å². The molecular formula is C25H23ClN2O5S. The van der Waals surface area contributed by atoms with E-state index in [9.17, 15) is 14.7 Å². The van der Waals surface area contributed by atoms with E-state index in [-0.39, 0.29) is 17.9 Å². The summed E-state index contributed by atoms with van der Waals surface area (Å²) >= 11 is 7.24. The highest BCUT2D eigenvalue weighted by molar-refractivity contribution is 7.07. The molecule has 1 N–H and O–H groups in total. The fourth-order valence-electron chi connectivity index (χ4n) is 3.80. The van der Waals surface area contributed by atoms with Gasteiger partial charge in [0.15, 0.2) is 4.80 Å². The molecule has 0 saturated carbocycles. The van der Waals surface area contributed by atoms with Gasteiger partial charge in [0.25, 0.3) is 5.56 Å². The molecule has 9 heteroatoms. The van der Waals surface area contributed by atoms with Crippen molar-refractivity contribution >= 4 is 35.0 Å². The van der Waals surface area contributed by atoms with E-state index < -0.39 is 12.0 Å². The molecule has 0 amide bonds. The molecular weight excluding hydrogens is 476 g/mol. The number of aromatic hydroxyl groups is 1. The first-order valence-electron chi connectivity index (χ1n) is 10.7. The number of ether oxygens (including phenoxy) is 2. The smallest absolute Gasteiger partial charge is 0.338 e. The minimum absolute atomic E-state index is 0.00157. The topological polar surface area (TPSA) is 90.1 Å². The number of halogens is 1. The van der Waals surface area contributed by atoms with Crippen LogP contribution in [0.3, 0.4) is 0 Å². The number of rotatable bonds is 6. The molecule has 2 heterocycles. The van der Waals surface area contributed by atoms with Crippen molar-refractivity contribution in [3.63, 3.8) is 0 Å². The molecule has 1 aromatic heterocycles. The number of carbonyl (C=O) groups is 1. The zero-order valence-corrected chi connectivity index (χ0v) is 20.4.